The fourth-order valence-corrected chi connectivity index (χ4v) is 3.01. The van der Waals surface area contributed by atoms with E-state index < -0.39 is 0 Å². The topological polar surface area (TPSA) is 41.9 Å². The van der Waals surface area contributed by atoms with Gasteiger partial charge in [-0.3, -0.25) is 4.68 Å². The molecule has 0 unspecified atom stereocenters. The fourth-order valence-electron chi connectivity index (χ4n) is 2.46. The van der Waals surface area contributed by atoms with Crippen LogP contribution in [0.4, 0.5) is 11.4 Å². The summed E-state index contributed by atoms with van der Waals surface area (Å²) in [6.45, 7) is 2.72. The van der Waals surface area contributed by atoms with Crippen molar-refractivity contribution in [3.63, 3.8) is 0 Å². The molecule has 7 heteroatoms. The number of benzene rings is 2. The van der Waals surface area contributed by atoms with Crippen LogP contribution in [-0.4, -0.2) is 14.9 Å². The summed E-state index contributed by atoms with van der Waals surface area (Å²) in [4.78, 5) is 0. The maximum Gasteiger partial charge on any atom is 0.175 e. The Hall–Kier alpha value is -2.08. The first-order valence-corrected chi connectivity index (χ1v) is 9.33. The van der Waals surface area contributed by atoms with E-state index in [1.165, 1.54) is 5.56 Å². The van der Waals surface area contributed by atoms with E-state index in [0.29, 0.717) is 21.7 Å². The first kappa shape index (κ1) is 18.7. The van der Waals surface area contributed by atoms with Gasteiger partial charge in [0, 0.05) is 11.9 Å². The Morgan fingerprint density at radius 3 is 2.38 bits per heavy atom. The molecular formula is C19H18Cl2N4S. The van der Waals surface area contributed by atoms with E-state index in [1.54, 1.807) is 16.9 Å². The van der Waals surface area contributed by atoms with Gasteiger partial charge in [-0.1, -0.05) is 48.3 Å². The molecule has 1 aromatic heterocycles. The number of nitrogens with zero attached hydrogens (tertiary/aromatic N) is 2. The van der Waals surface area contributed by atoms with Crippen LogP contribution in [0.15, 0.2) is 54.9 Å². The van der Waals surface area contributed by atoms with E-state index in [1.807, 2.05) is 30.5 Å². The standard InChI is InChI=1S/C19H18Cl2N4S/c1-2-13-3-6-15(7-4-13)23-19(26)24-16-10-22-25(12-16)11-14-5-8-17(20)18(21)9-14/h3-10,12H,2,11H2,1H3,(H2,23,24,26). The average Bonchev–Trinajstić information content (AvgIpc) is 3.05. The first-order chi connectivity index (χ1) is 12.5. The van der Waals surface area contributed by atoms with Crippen LogP contribution in [0, 0.1) is 0 Å². The molecule has 0 amide bonds. The highest BCUT2D eigenvalue weighted by Gasteiger charge is 2.05. The highest BCUT2D eigenvalue weighted by Crippen LogP contribution is 2.23. The molecule has 1 heterocycles. The lowest BCUT2D eigenvalue weighted by Gasteiger charge is -2.09. The maximum absolute atomic E-state index is 6.05. The number of hydrogen-bond donors (Lipinski definition) is 2. The van der Waals surface area contributed by atoms with Crippen LogP contribution in [0.5, 0.6) is 0 Å². The van der Waals surface area contributed by atoms with Crippen molar-refractivity contribution in [3.8, 4) is 0 Å². The molecule has 0 aliphatic rings. The van der Waals surface area contributed by atoms with Gasteiger partial charge in [-0.2, -0.15) is 5.10 Å². The fraction of sp³-hybridized carbons (Fsp3) is 0.158. The minimum atomic E-state index is 0.517. The number of aromatic nitrogens is 2. The van der Waals surface area contributed by atoms with E-state index in [4.69, 9.17) is 35.4 Å². The summed E-state index contributed by atoms with van der Waals surface area (Å²) in [5.41, 5.74) is 4.07. The van der Waals surface area contributed by atoms with E-state index in [-0.39, 0.29) is 0 Å². The number of thiocarbonyl (C=S) groups is 1. The molecule has 0 bridgehead atoms. The molecular weight excluding hydrogens is 387 g/mol. The molecule has 26 heavy (non-hydrogen) atoms. The Kier molecular flexibility index (Phi) is 6.14. The zero-order valence-corrected chi connectivity index (χ0v) is 16.5. The second kappa shape index (κ2) is 8.54. The third kappa shape index (κ3) is 4.97. The van der Waals surface area contributed by atoms with Gasteiger partial charge in [0.25, 0.3) is 0 Å². The minimum Gasteiger partial charge on any atom is -0.332 e. The van der Waals surface area contributed by atoms with Crippen LogP contribution in [0.3, 0.4) is 0 Å². The minimum absolute atomic E-state index is 0.517. The van der Waals surface area contributed by atoms with Gasteiger partial charge in [0.1, 0.15) is 0 Å². The van der Waals surface area contributed by atoms with Crippen molar-refractivity contribution in [1.29, 1.82) is 0 Å². The molecule has 0 atom stereocenters. The lowest BCUT2D eigenvalue weighted by atomic mass is 10.1. The van der Waals surface area contributed by atoms with E-state index >= 15 is 0 Å². The highest BCUT2D eigenvalue weighted by atomic mass is 35.5. The average molecular weight is 405 g/mol. The smallest absolute Gasteiger partial charge is 0.175 e. The summed E-state index contributed by atoms with van der Waals surface area (Å²) in [6, 6.07) is 13.7. The molecule has 0 saturated carbocycles. The Bertz CT molecular complexity index is 906. The number of nitrogens with one attached hydrogen (secondary N) is 2. The molecule has 0 saturated heterocycles. The summed E-state index contributed by atoms with van der Waals surface area (Å²) in [6.07, 6.45) is 4.63. The van der Waals surface area contributed by atoms with Crippen molar-refractivity contribution in [2.24, 2.45) is 0 Å². The molecule has 3 rings (SSSR count). The summed E-state index contributed by atoms with van der Waals surface area (Å²) in [7, 11) is 0. The summed E-state index contributed by atoms with van der Waals surface area (Å²) in [5, 5.41) is 12.2. The van der Waals surface area contributed by atoms with E-state index in [0.717, 1.165) is 23.4 Å². The van der Waals surface area contributed by atoms with Gasteiger partial charge in [0.15, 0.2) is 5.11 Å². The molecule has 4 nitrogen and oxygen atoms in total. The van der Waals surface area contributed by atoms with Crippen LogP contribution in [0.25, 0.3) is 0 Å². The van der Waals surface area contributed by atoms with Crippen LogP contribution in [-0.2, 0) is 13.0 Å². The largest absolute Gasteiger partial charge is 0.332 e. The van der Waals surface area contributed by atoms with Gasteiger partial charge in [-0.15, -0.1) is 0 Å². The van der Waals surface area contributed by atoms with Gasteiger partial charge in [-0.05, 0) is 54.0 Å². The molecule has 0 aliphatic carbocycles. The zero-order chi connectivity index (χ0) is 18.5. The second-order valence-corrected chi connectivity index (χ2v) is 7.03. The predicted molar refractivity (Wildman–Crippen MR) is 113 cm³/mol. The summed E-state index contributed by atoms with van der Waals surface area (Å²) >= 11 is 17.4. The van der Waals surface area contributed by atoms with Gasteiger partial charge in [-0.25, -0.2) is 0 Å². The number of halogens is 2. The van der Waals surface area contributed by atoms with Crippen molar-refractivity contribution >= 4 is 51.9 Å². The molecule has 2 aromatic carbocycles. The van der Waals surface area contributed by atoms with Gasteiger partial charge < -0.3 is 10.6 Å². The third-order valence-corrected chi connectivity index (χ3v) is 4.78. The summed E-state index contributed by atoms with van der Waals surface area (Å²) in [5.74, 6) is 0. The van der Waals surface area contributed by atoms with Gasteiger partial charge in [0.2, 0.25) is 0 Å². The molecule has 0 aliphatic heterocycles. The molecule has 0 fully saturated rings. The van der Waals surface area contributed by atoms with Crippen LogP contribution < -0.4 is 10.6 Å². The lowest BCUT2D eigenvalue weighted by Crippen LogP contribution is -2.18. The van der Waals surface area contributed by atoms with Crippen molar-refractivity contribution in [1.82, 2.24) is 9.78 Å². The van der Waals surface area contributed by atoms with Crippen molar-refractivity contribution < 1.29 is 0 Å². The van der Waals surface area contributed by atoms with E-state index in [9.17, 15) is 0 Å². The lowest BCUT2D eigenvalue weighted by molar-refractivity contribution is 0.687. The van der Waals surface area contributed by atoms with Gasteiger partial charge in [0.05, 0.1) is 28.5 Å². The number of aryl methyl sites for hydroxylation is 1. The molecule has 0 radical (unpaired) electrons. The Labute approximate surface area is 168 Å². The number of rotatable bonds is 5. The highest BCUT2D eigenvalue weighted by molar-refractivity contribution is 7.80. The quantitative estimate of drug-likeness (QED) is 0.542. The normalized spacial score (nSPS) is 10.6. The van der Waals surface area contributed by atoms with Crippen LogP contribution >= 0.6 is 35.4 Å². The molecule has 134 valence electrons. The maximum atomic E-state index is 6.05. The van der Waals surface area contributed by atoms with Crippen LogP contribution in [0.1, 0.15) is 18.1 Å². The monoisotopic (exact) mass is 404 g/mol. The summed E-state index contributed by atoms with van der Waals surface area (Å²) < 4.78 is 1.81. The Morgan fingerprint density at radius 1 is 1.00 bits per heavy atom. The van der Waals surface area contributed by atoms with E-state index in [2.05, 4.69) is 34.8 Å². The van der Waals surface area contributed by atoms with Crippen molar-refractivity contribution in [3.05, 3.63) is 76.0 Å². The number of anilines is 2. The molecule has 3 aromatic rings. The van der Waals surface area contributed by atoms with Crippen LogP contribution in [0.2, 0.25) is 10.0 Å². The van der Waals surface area contributed by atoms with Gasteiger partial charge >= 0.3 is 0 Å². The van der Waals surface area contributed by atoms with Crippen molar-refractivity contribution in [2.75, 3.05) is 10.6 Å². The molecule has 2 N–H and O–H groups in total. The number of hydrogen-bond acceptors (Lipinski definition) is 2. The second-order valence-electron chi connectivity index (χ2n) is 5.80. The Balaban J connectivity index is 1.58. The first-order valence-electron chi connectivity index (χ1n) is 8.17. The zero-order valence-electron chi connectivity index (χ0n) is 14.2. The SMILES string of the molecule is CCc1ccc(NC(=S)Nc2cnn(Cc3ccc(Cl)c(Cl)c3)c2)cc1. The predicted octanol–water partition coefficient (Wildman–Crippen LogP) is 5.61. The van der Waals surface area contributed by atoms with Crippen molar-refractivity contribution in [2.45, 2.75) is 19.9 Å². The third-order valence-electron chi connectivity index (χ3n) is 3.84. The molecule has 0 spiro atoms. The Morgan fingerprint density at radius 2 is 1.69 bits per heavy atom.